The molecule has 0 aliphatic rings. The Morgan fingerprint density at radius 1 is 0.750 bits per heavy atom. The van der Waals surface area contributed by atoms with Crippen LogP contribution in [0.15, 0.2) is 78.9 Å². The van der Waals surface area contributed by atoms with E-state index in [1.807, 2.05) is 54.6 Å². The summed E-state index contributed by atoms with van der Waals surface area (Å²) in [5.41, 5.74) is 3.46. The first-order valence-electron chi connectivity index (χ1n) is 8.01. The van der Waals surface area contributed by atoms with Crippen molar-refractivity contribution in [2.75, 3.05) is 0 Å². The fourth-order valence-corrected chi connectivity index (χ4v) is 2.67. The van der Waals surface area contributed by atoms with Gasteiger partial charge in [0.15, 0.2) is 0 Å². The van der Waals surface area contributed by atoms with Crippen LogP contribution >= 0.6 is 11.6 Å². The number of hydrogen-bond donors (Lipinski definition) is 1. The number of rotatable bonds is 7. The largest absolute Gasteiger partial charge is 0.489 e. The van der Waals surface area contributed by atoms with E-state index in [0.717, 1.165) is 29.4 Å². The Bertz CT molecular complexity index is 774. The minimum atomic E-state index is 0.581. The Morgan fingerprint density at radius 3 is 2.33 bits per heavy atom. The summed E-state index contributed by atoms with van der Waals surface area (Å²) in [6.07, 6.45) is 0. The molecule has 3 aromatic rings. The predicted molar refractivity (Wildman–Crippen MR) is 99.2 cm³/mol. The molecule has 0 fully saturated rings. The Labute approximate surface area is 148 Å². The monoisotopic (exact) mass is 337 g/mol. The lowest BCUT2D eigenvalue weighted by molar-refractivity contribution is 0.306. The summed E-state index contributed by atoms with van der Waals surface area (Å²) in [7, 11) is 0. The zero-order chi connectivity index (χ0) is 16.6. The Balaban J connectivity index is 1.52. The smallest absolute Gasteiger partial charge is 0.120 e. The van der Waals surface area contributed by atoms with E-state index in [1.54, 1.807) is 0 Å². The molecule has 0 aliphatic heterocycles. The summed E-state index contributed by atoms with van der Waals surface area (Å²) < 4.78 is 5.87. The van der Waals surface area contributed by atoms with Gasteiger partial charge < -0.3 is 10.1 Å². The van der Waals surface area contributed by atoms with Gasteiger partial charge in [-0.1, -0.05) is 72.3 Å². The predicted octanol–water partition coefficient (Wildman–Crippen LogP) is 5.21. The molecule has 3 rings (SSSR count). The number of benzene rings is 3. The van der Waals surface area contributed by atoms with Crippen molar-refractivity contribution < 1.29 is 4.74 Å². The topological polar surface area (TPSA) is 21.3 Å². The van der Waals surface area contributed by atoms with Gasteiger partial charge in [-0.05, 0) is 34.9 Å². The molecule has 3 heteroatoms. The number of ether oxygens (including phenoxy) is 1. The van der Waals surface area contributed by atoms with Crippen LogP contribution in [0, 0.1) is 0 Å². The highest BCUT2D eigenvalue weighted by Crippen LogP contribution is 2.17. The molecule has 0 aromatic heterocycles. The first kappa shape index (κ1) is 16.6. The summed E-state index contributed by atoms with van der Waals surface area (Å²) in [5, 5.41) is 4.22. The molecule has 0 saturated heterocycles. The lowest BCUT2D eigenvalue weighted by atomic mass is 10.2. The van der Waals surface area contributed by atoms with Crippen molar-refractivity contribution >= 4 is 11.6 Å². The van der Waals surface area contributed by atoms with Crippen LogP contribution in [-0.2, 0) is 19.7 Å². The molecule has 2 nitrogen and oxygen atoms in total. The molecule has 0 spiro atoms. The minimum absolute atomic E-state index is 0.581. The van der Waals surface area contributed by atoms with Crippen molar-refractivity contribution in [3.63, 3.8) is 0 Å². The van der Waals surface area contributed by atoms with Gasteiger partial charge >= 0.3 is 0 Å². The molecule has 3 aromatic carbocycles. The van der Waals surface area contributed by atoms with Gasteiger partial charge in [0.1, 0.15) is 12.4 Å². The Hall–Kier alpha value is -2.29. The maximum Gasteiger partial charge on any atom is 0.120 e. The van der Waals surface area contributed by atoms with Crippen LogP contribution < -0.4 is 10.1 Å². The quantitative estimate of drug-likeness (QED) is 0.639. The normalized spacial score (nSPS) is 10.5. The van der Waals surface area contributed by atoms with E-state index in [4.69, 9.17) is 16.3 Å². The third-order valence-electron chi connectivity index (χ3n) is 3.75. The van der Waals surface area contributed by atoms with Crippen LogP contribution in [0.25, 0.3) is 0 Å². The summed E-state index contributed by atoms with van der Waals surface area (Å²) >= 11 is 6.17. The second kappa shape index (κ2) is 8.53. The molecular weight excluding hydrogens is 318 g/mol. The van der Waals surface area contributed by atoms with Gasteiger partial charge in [-0.15, -0.1) is 0 Å². The standard InChI is InChI=1S/C21H20ClNO/c22-21-12-5-4-10-19(21)15-23-14-18-9-6-11-20(13-18)24-16-17-7-2-1-3-8-17/h1-13,23H,14-16H2. The summed E-state index contributed by atoms with van der Waals surface area (Å²) in [6, 6.07) is 26.2. The summed E-state index contributed by atoms with van der Waals surface area (Å²) in [4.78, 5) is 0. The average molecular weight is 338 g/mol. The van der Waals surface area contributed by atoms with E-state index in [1.165, 1.54) is 11.1 Å². The van der Waals surface area contributed by atoms with Crippen LogP contribution in [0.4, 0.5) is 0 Å². The van der Waals surface area contributed by atoms with Crippen molar-refractivity contribution in [1.82, 2.24) is 5.32 Å². The highest BCUT2D eigenvalue weighted by Gasteiger charge is 2.01. The van der Waals surface area contributed by atoms with E-state index in [0.29, 0.717) is 6.61 Å². The number of hydrogen-bond acceptors (Lipinski definition) is 2. The van der Waals surface area contributed by atoms with Crippen molar-refractivity contribution in [2.24, 2.45) is 0 Å². The van der Waals surface area contributed by atoms with Crippen molar-refractivity contribution in [2.45, 2.75) is 19.7 Å². The Morgan fingerprint density at radius 2 is 1.50 bits per heavy atom. The highest BCUT2D eigenvalue weighted by atomic mass is 35.5. The van der Waals surface area contributed by atoms with Crippen molar-refractivity contribution in [1.29, 1.82) is 0 Å². The van der Waals surface area contributed by atoms with Gasteiger partial charge in [0, 0.05) is 18.1 Å². The van der Waals surface area contributed by atoms with Gasteiger partial charge in [-0.25, -0.2) is 0 Å². The fourth-order valence-electron chi connectivity index (χ4n) is 2.47. The van der Waals surface area contributed by atoms with Crippen LogP contribution in [0.2, 0.25) is 5.02 Å². The van der Waals surface area contributed by atoms with E-state index in [-0.39, 0.29) is 0 Å². The second-order valence-electron chi connectivity index (χ2n) is 5.62. The summed E-state index contributed by atoms with van der Waals surface area (Å²) in [6.45, 7) is 2.10. The number of halogens is 1. The maximum absolute atomic E-state index is 6.17. The van der Waals surface area contributed by atoms with Crippen LogP contribution in [0.1, 0.15) is 16.7 Å². The van der Waals surface area contributed by atoms with E-state index < -0.39 is 0 Å². The summed E-state index contributed by atoms with van der Waals surface area (Å²) in [5.74, 6) is 0.885. The highest BCUT2D eigenvalue weighted by molar-refractivity contribution is 6.31. The molecule has 24 heavy (non-hydrogen) atoms. The van der Waals surface area contributed by atoms with Crippen LogP contribution in [-0.4, -0.2) is 0 Å². The molecule has 0 saturated carbocycles. The molecule has 0 unspecified atom stereocenters. The van der Waals surface area contributed by atoms with E-state index in [9.17, 15) is 0 Å². The SMILES string of the molecule is Clc1ccccc1CNCc1cccc(OCc2ccccc2)c1. The Kier molecular flexibility index (Phi) is 5.89. The molecule has 0 aliphatic carbocycles. The zero-order valence-corrected chi connectivity index (χ0v) is 14.2. The lowest BCUT2D eigenvalue weighted by Gasteiger charge is -2.10. The van der Waals surface area contributed by atoms with Gasteiger partial charge in [-0.3, -0.25) is 0 Å². The van der Waals surface area contributed by atoms with Gasteiger partial charge in [0.05, 0.1) is 0 Å². The first-order valence-corrected chi connectivity index (χ1v) is 8.39. The van der Waals surface area contributed by atoms with Gasteiger partial charge in [0.2, 0.25) is 0 Å². The van der Waals surface area contributed by atoms with Gasteiger partial charge in [-0.2, -0.15) is 0 Å². The van der Waals surface area contributed by atoms with E-state index >= 15 is 0 Å². The van der Waals surface area contributed by atoms with Crippen LogP contribution in [0.5, 0.6) is 5.75 Å². The molecule has 122 valence electrons. The van der Waals surface area contributed by atoms with E-state index in [2.05, 4.69) is 29.6 Å². The first-order chi connectivity index (χ1) is 11.8. The maximum atomic E-state index is 6.17. The second-order valence-corrected chi connectivity index (χ2v) is 6.02. The van der Waals surface area contributed by atoms with Crippen molar-refractivity contribution in [3.05, 3.63) is 101 Å². The number of nitrogens with one attached hydrogen (secondary N) is 1. The van der Waals surface area contributed by atoms with Crippen molar-refractivity contribution in [3.8, 4) is 5.75 Å². The molecule has 0 radical (unpaired) electrons. The molecule has 1 N–H and O–H groups in total. The van der Waals surface area contributed by atoms with Gasteiger partial charge in [0.25, 0.3) is 0 Å². The fraction of sp³-hybridized carbons (Fsp3) is 0.143. The minimum Gasteiger partial charge on any atom is -0.489 e. The molecule has 0 bridgehead atoms. The average Bonchev–Trinajstić information content (AvgIpc) is 2.63. The molecule has 0 atom stereocenters. The third kappa shape index (κ3) is 4.85. The van der Waals surface area contributed by atoms with Crippen LogP contribution in [0.3, 0.4) is 0 Å². The lowest BCUT2D eigenvalue weighted by Crippen LogP contribution is -2.13. The third-order valence-corrected chi connectivity index (χ3v) is 4.12. The molecular formula is C21H20ClNO. The molecule has 0 amide bonds. The molecule has 0 heterocycles. The zero-order valence-electron chi connectivity index (χ0n) is 13.4.